The highest BCUT2D eigenvalue weighted by molar-refractivity contribution is 5.94. The normalized spacial score (nSPS) is 16.8. The fourth-order valence-electron chi connectivity index (χ4n) is 1.96. The Labute approximate surface area is 101 Å². The van der Waals surface area contributed by atoms with Gasteiger partial charge in [-0.05, 0) is 37.5 Å². The van der Waals surface area contributed by atoms with Crippen molar-refractivity contribution in [1.82, 2.24) is 10.4 Å². The van der Waals surface area contributed by atoms with Gasteiger partial charge in [0.05, 0.1) is 0 Å². The van der Waals surface area contributed by atoms with Crippen molar-refractivity contribution in [3.05, 3.63) is 29.3 Å². The quantitative estimate of drug-likeness (QED) is 0.821. The minimum atomic E-state index is -0.151. The predicted octanol–water partition coefficient (Wildman–Crippen LogP) is 1.83. The lowest BCUT2D eigenvalue weighted by Gasteiger charge is -2.26. The van der Waals surface area contributed by atoms with Gasteiger partial charge in [0.15, 0.2) is 0 Å². The van der Waals surface area contributed by atoms with Gasteiger partial charge in [-0.25, -0.2) is 5.01 Å². The molecule has 1 aliphatic heterocycles. The second-order valence-electron chi connectivity index (χ2n) is 4.49. The third kappa shape index (κ3) is 2.97. The van der Waals surface area contributed by atoms with Gasteiger partial charge in [-0.1, -0.05) is 12.5 Å². The number of piperidine rings is 1. The van der Waals surface area contributed by atoms with Crippen LogP contribution >= 0.6 is 0 Å². The second-order valence-corrected chi connectivity index (χ2v) is 4.49. The third-order valence-electron chi connectivity index (χ3n) is 3.09. The summed E-state index contributed by atoms with van der Waals surface area (Å²) in [5, 5.41) is 11.5. The molecule has 0 atom stereocenters. The molecule has 4 nitrogen and oxygen atoms in total. The van der Waals surface area contributed by atoms with Crippen LogP contribution < -0.4 is 5.43 Å². The zero-order valence-electron chi connectivity index (χ0n) is 10.1. The van der Waals surface area contributed by atoms with E-state index in [1.807, 2.05) is 11.9 Å². The van der Waals surface area contributed by atoms with E-state index in [9.17, 15) is 9.90 Å². The molecule has 1 saturated heterocycles. The van der Waals surface area contributed by atoms with E-state index in [1.165, 1.54) is 12.5 Å². The molecule has 1 aromatic rings. The van der Waals surface area contributed by atoms with E-state index in [4.69, 9.17) is 0 Å². The lowest BCUT2D eigenvalue weighted by Crippen LogP contribution is -2.45. The van der Waals surface area contributed by atoms with Gasteiger partial charge >= 0.3 is 0 Å². The number of hydrogen-bond acceptors (Lipinski definition) is 3. The van der Waals surface area contributed by atoms with Crippen molar-refractivity contribution in [2.24, 2.45) is 0 Å². The summed E-state index contributed by atoms with van der Waals surface area (Å²) in [4.78, 5) is 11.9. The molecule has 0 saturated carbocycles. The maximum atomic E-state index is 11.9. The van der Waals surface area contributed by atoms with Gasteiger partial charge in [-0.3, -0.25) is 10.2 Å². The molecule has 1 heterocycles. The molecule has 4 heteroatoms. The highest BCUT2D eigenvalue weighted by Crippen LogP contribution is 2.17. The number of hydrazine groups is 1. The first-order valence-electron chi connectivity index (χ1n) is 6.02. The maximum absolute atomic E-state index is 11.9. The number of rotatable bonds is 2. The van der Waals surface area contributed by atoms with Crippen LogP contribution in [0.25, 0.3) is 0 Å². The van der Waals surface area contributed by atoms with Crippen LogP contribution in [0.3, 0.4) is 0 Å². The number of aryl methyl sites for hydroxylation is 1. The van der Waals surface area contributed by atoms with Crippen LogP contribution in [0.2, 0.25) is 0 Å². The van der Waals surface area contributed by atoms with Crippen molar-refractivity contribution >= 4 is 5.91 Å². The molecule has 2 N–H and O–H groups in total. The van der Waals surface area contributed by atoms with Crippen LogP contribution in [-0.2, 0) is 0 Å². The maximum Gasteiger partial charge on any atom is 0.265 e. The summed E-state index contributed by atoms with van der Waals surface area (Å²) in [6.45, 7) is 3.62. The largest absolute Gasteiger partial charge is 0.508 e. The molecule has 1 amide bonds. The summed E-state index contributed by atoms with van der Waals surface area (Å²) in [6.07, 6.45) is 3.48. The van der Waals surface area contributed by atoms with E-state index in [0.29, 0.717) is 5.56 Å². The monoisotopic (exact) mass is 234 g/mol. The molecule has 0 radical (unpaired) electrons. The average molecular weight is 234 g/mol. The van der Waals surface area contributed by atoms with E-state index in [0.717, 1.165) is 31.5 Å². The molecule has 0 spiro atoms. The predicted molar refractivity (Wildman–Crippen MR) is 65.7 cm³/mol. The average Bonchev–Trinajstić information content (AvgIpc) is 2.34. The van der Waals surface area contributed by atoms with Crippen molar-refractivity contribution in [2.45, 2.75) is 26.2 Å². The number of aromatic hydroxyl groups is 1. The van der Waals surface area contributed by atoms with Gasteiger partial charge in [0, 0.05) is 18.7 Å². The summed E-state index contributed by atoms with van der Waals surface area (Å²) in [6, 6.07) is 4.99. The number of amides is 1. The number of phenolic OH excluding ortho intramolecular Hbond substituents is 1. The van der Waals surface area contributed by atoms with Crippen LogP contribution in [0.15, 0.2) is 18.2 Å². The molecule has 0 unspecified atom stereocenters. The molecule has 0 aliphatic carbocycles. The van der Waals surface area contributed by atoms with E-state index in [-0.39, 0.29) is 11.7 Å². The molecule has 1 fully saturated rings. The Morgan fingerprint density at radius 2 is 2.00 bits per heavy atom. The van der Waals surface area contributed by atoms with E-state index < -0.39 is 0 Å². The highest BCUT2D eigenvalue weighted by atomic mass is 16.3. The summed E-state index contributed by atoms with van der Waals surface area (Å²) in [5.74, 6) is 0.0125. The third-order valence-corrected chi connectivity index (χ3v) is 3.09. The van der Waals surface area contributed by atoms with E-state index in [1.54, 1.807) is 12.1 Å². The number of carbonyl (C=O) groups is 1. The Bertz CT molecular complexity index is 412. The fraction of sp³-hybridized carbons (Fsp3) is 0.462. The van der Waals surface area contributed by atoms with Crippen molar-refractivity contribution in [2.75, 3.05) is 13.1 Å². The number of benzene rings is 1. The zero-order chi connectivity index (χ0) is 12.3. The van der Waals surface area contributed by atoms with E-state index in [2.05, 4.69) is 5.43 Å². The number of hydrogen-bond donors (Lipinski definition) is 2. The first-order valence-corrected chi connectivity index (χ1v) is 6.02. The number of carbonyl (C=O) groups excluding carboxylic acids is 1. The van der Waals surface area contributed by atoms with Crippen molar-refractivity contribution < 1.29 is 9.90 Å². The Kier molecular flexibility index (Phi) is 3.64. The fourth-order valence-corrected chi connectivity index (χ4v) is 1.96. The molecular weight excluding hydrogens is 216 g/mol. The Morgan fingerprint density at radius 3 is 2.65 bits per heavy atom. The smallest absolute Gasteiger partial charge is 0.265 e. The lowest BCUT2D eigenvalue weighted by molar-refractivity contribution is 0.0749. The van der Waals surface area contributed by atoms with Crippen LogP contribution in [0.4, 0.5) is 0 Å². The molecular formula is C13H18N2O2. The number of phenols is 1. The van der Waals surface area contributed by atoms with Crippen LogP contribution in [-0.4, -0.2) is 29.1 Å². The zero-order valence-corrected chi connectivity index (χ0v) is 10.1. The Morgan fingerprint density at radius 1 is 1.29 bits per heavy atom. The standard InChI is InChI=1S/C13H18N2O2/c1-10-5-6-11(9-12(10)16)13(17)14-15-7-3-2-4-8-15/h5-6,9,16H,2-4,7-8H2,1H3,(H,14,17). The Balaban J connectivity index is 2.01. The van der Waals surface area contributed by atoms with Gasteiger partial charge < -0.3 is 5.11 Å². The van der Waals surface area contributed by atoms with Crippen LogP contribution in [0, 0.1) is 6.92 Å². The number of nitrogens with zero attached hydrogens (tertiary/aromatic N) is 1. The molecule has 1 aliphatic rings. The van der Waals surface area contributed by atoms with Gasteiger partial charge in [-0.2, -0.15) is 0 Å². The Hall–Kier alpha value is -1.55. The minimum Gasteiger partial charge on any atom is -0.508 e. The molecule has 0 bridgehead atoms. The highest BCUT2D eigenvalue weighted by Gasteiger charge is 2.14. The SMILES string of the molecule is Cc1ccc(C(=O)NN2CCCCC2)cc1O. The van der Waals surface area contributed by atoms with Gasteiger partial charge in [0.2, 0.25) is 0 Å². The first kappa shape index (κ1) is 11.9. The van der Waals surface area contributed by atoms with Gasteiger partial charge in [-0.15, -0.1) is 0 Å². The summed E-state index contributed by atoms with van der Waals surface area (Å²) < 4.78 is 0. The van der Waals surface area contributed by atoms with Gasteiger partial charge in [0.1, 0.15) is 5.75 Å². The molecule has 2 rings (SSSR count). The molecule has 0 aromatic heterocycles. The number of nitrogens with one attached hydrogen (secondary N) is 1. The molecule has 92 valence electrons. The van der Waals surface area contributed by atoms with Crippen molar-refractivity contribution in [1.29, 1.82) is 0 Å². The van der Waals surface area contributed by atoms with Crippen molar-refractivity contribution in [3.8, 4) is 5.75 Å². The van der Waals surface area contributed by atoms with Gasteiger partial charge in [0.25, 0.3) is 5.91 Å². The van der Waals surface area contributed by atoms with Crippen LogP contribution in [0.1, 0.15) is 35.2 Å². The molecule has 17 heavy (non-hydrogen) atoms. The minimum absolute atomic E-state index is 0.151. The summed E-state index contributed by atoms with van der Waals surface area (Å²) in [7, 11) is 0. The first-order chi connectivity index (χ1) is 8.16. The molecule has 1 aromatic carbocycles. The van der Waals surface area contributed by atoms with Crippen LogP contribution in [0.5, 0.6) is 5.75 Å². The second kappa shape index (κ2) is 5.19. The lowest BCUT2D eigenvalue weighted by atomic mass is 10.1. The van der Waals surface area contributed by atoms with Crippen molar-refractivity contribution in [3.63, 3.8) is 0 Å². The summed E-state index contributed by atoms with van der Waals surface area (Å²) >= 11 is 0. The summed E-state index contributed by atoms with van der Waals surface area (Å²) in [5.41, 5.74) is 4.14. The van der Waals surface area contributed by atoms with E-state index >= 15 is 0 Å². The topological polar surface area (TPSA) is 52.6 Å².